The van der Waals surface area contributed by atoms with Crippen molar-refractivity contribution in [3.05, 3.63) is 58.9 Å². The van der Waals surface area contributed by atoms with E-state index in [0.717, 1.165) is 43.9 Å². The number of hydrogen-bond acceptors (Lipinski definition) is 4. The van der Waals surface area contributed by atoms with Crippen LogP contribution in [0, 0.1) is 11.3 Å². The van der Waals surface area contributed by atoms with E-state index in [1.165, 1.54) is 36.0 Å². The quantitative estimate of drug-likeness (QED) is 0.640. The number of fused-ring (bicyclic) bond motifs is 1. The lowest BCUT2D eigenvalue weighted by molar-refractivity contribution is -0.130. The zero-order valence-corrected chi connectivity index (χ0v) is 20.7. The molecule has 0 saturated carbocycles. The van der Waals surface area contributed by atoms with Gasteiger partial charge in [-0.2, -0.15) is 0 Å². The van der Waals surface area contributed by atoms with Gasteiger partial charge >= 0.3 is 0 Å². The van der Waals surface area contributed by atoms with Crippen LogP contribution >= 0.6 is 0 Å². The van der Waals surface area contributed by atoms with E-state index in [1.54, 1.807) is 0 Å². The average molecular weight is 450 g/mol. The smallest absolute Gasteiger partial charge is 0.225 e. The zero-order chi connectivity index (χ0) is 23.4. The summed E-state index contributed by atoms with van der Waals surface area (Å²) < 4.78 is 6.04. The number of pyridine rings is 1. The molecule has 0 bridgehead atoms. The maximum Gasteiger partial charge on any atom is 0.225 e. The Morgan fingerprint density at radius 1 is 1.21 bits per heavy atom. The molecule has 1 saturated heterocycles. The molecule has 1 aliphatic carbocycles. The number of nitrogens with zero attached hydrogens (tertiary/aromatic N) is 2. The highest BCUT2D eigenvalue weighted by Crippen LogP contribution is 2.34. The summed E-state index contributed by atoms with van der Waals surface area (Å²) in [5.74, 6) is 1.44. The Morgan fingerprint density at radius 3 is 2.70 bits per heavy atom. The first-order valence-electron chi connectivity index (χ1n) is 12.6. The van der Waals surface area contributed by atoms with Crippen molar-refractivity contribution in [2.24, 2.45) is 11.3 Å². The van der Waals surface area contributed by atoms with Gasteiger partial charge in [-0.25, -0.2) is 0 Å². The Bertz CT molecular complexity index is 952. The maximum atomic E-state index is 12.9. The highest BCUT2D eigenvalue weighted by atomic mass is 16.5. The Kier molecular flexibility index (Phi) is 7.38. The molecule has 1 amide bonds. The number of aromatic nitrogens is 1. The molecule has 33 heavy (non-hydrogen) atoms. The average Bonchev–Trinajstić information content (AvgIpc) is 3.25. The van der Waals surface area contributed by atoms with Crippen LogP contribution in [0.1, 0.15) is 75.4 Å². The number of carbonyl (C=O) groups excluding carboxylic acids is 1. The van der Waals surface area contributed by atoms with E-state index in [9.17, 15) is 4.79 Å². The number of carbonyl (C=O) groups is 1. The summed E-state index contributed by atoms with van der Waals surface area (Å²) in [4.78, 5) is 20.1. The van der Waals surface area contributed by atoms with Crippen LogP contribution in [0.25, 0.3) is 0 Å². The van der Waals surface area contributed by atoms with E-state index in [0.29, 0.717) is 12.5 Å². The van der Waals surface area contributed by atoms with E-state index in [4.69, 9.17) is 4.74 Å². The van der Waals surface area contributed by atoms with E-state index < -0.39 is 5.41 Å². The van der Waals surface area contributed by atoms with Crippen molar-refractivity contribution in [3.63, 3.8) is 0 Å². The Labute approximate surface area is 198 Å². The normalized spacial score (nSPS) is 19.7. The van der Waals surface area contributed by atoms with Crippen LogP contribution in [0.3, 0.4) is 0 Å². The van der Waals surface area contributed by atoms with E-state index >= 15 is 0 Å². The molecule has 0 unspecified atom stereocenters. The largest absolute Gasteiger partial charge is 0.494 e. The van der Waals surface area contributed by atoms with Crippen LogP contribution < -0.4 is 10.1 Å². The minimum Gasteiger partial charge on any atom is -0.494 e. The first-order chi connectivity index (χ1) is 15.8. The third-order valence-corrected chi connectivity index (χ3v) is 6.96. The van der Waals surface area contributed by atoms with Gasteiger partial charge < -0.3 is 10.1 Å². The number of piperidine rings is 1. The molecule has 2 aromatic rings. The molecule has 0 spiro atoms. The third-order valence-electron chi connectivity index (χ3n) is 6.96. The summed E-state index contributed by atoms with van der Waals surface area (Å²) in [5, 5.41) is 3.34. The number of benzene rings is 1. The van der Waals surface area contributed by atoms with Gasteiger partial charge in [0, 0.05) is 30.3 Å². The molecule has 1 aromatic heterocycles. The van der Waals surface area contributed by atoms with Gasteiger partial charge in [0.1, 0.15) is 5.75 Å². The molecule has 5 heteroatoms. The molecular weight excluding hydrogens is 410 g/mol. The predicted molar refractivity (Wildman–Crippen MR) is 132 cm³/mol. The van der Waals surface area contributed by atoms with Gasteiger partial charge in [0.05, 0.1) is 18.3 Å². The van der Waals surface area contributed by atoms with Crippen LogP contribution in [0.4, 0.5) is 0 Å². The fraction of sp³-hybridized carbons (Fsp3) is 0.571. The monoisotopic (exact) mass is 449 g/mol. The molecule has 4 rings (SSSR count). The van der Waals surface area contributed by atoms with E-state index in [-0.39, 0.29) is 11.9 Å². The lowest BCUT2D eigenvalue weighted by Crippen LogP contribution is -2.45. The topological polar surface area (TPSA) is 54.5 Å². The predicted octanol–water partition coefficient (Wildman–Crippen LogP) is 5.08. The second-order valence-corrected chi connectivity index (χ2v) is 10.6. The van der Waals surface area contributed by atoms with Gasteiger partial charge in [-0.05, 0) is 80.8 Å². The third kappa shape index (κ3) is 5.75. The van der Waals surface area contributed by atoms with Crippen LogP contribution in [0.5, 0.6) is 5.75 Å². The van der Waals surface area contributed by atoms with Crippen LogP contribution in [0.2, 0.25) is 0 Å². The van der Waals surface area contributed by atoms with Gasteiger partial charge in [-0.3, -0.25) is 14.7 Å². The fourth-order valence-corrected chi connectivity index (χ4v) is 5.16. The maximum absolute atomic E-state index is 12.9. The van der Waals surface area contributed by atoms with Crippen molar-refractivity contribution < 1.29 is 9.53 Å². The summed E-state index contributed by atoms with van der Waals surface area (Å²) in [6.07, 6.45) is 7.62. The molecule has 2 aliphatic rings. The van der Waals surface area contributed by atoms with Gasteiger partial charge in [-0.1, -0.05) is 32.9 Å². The number of nitrogens with one attached hydrogen (secondary N) is 1. The van der Waals surface area contributed by atoms with Gasteiger partial charge in [0.2, 0.25) is 5.91 Å². The van der Waals surface area contributed by atoms with Crippen LogP contribution in [0.15, 0.2) is 36.5 Å². The Balaban J connectivity index is 1.53. The van der Waals surface area contributed by atoms with Crippen molar-refractivity contribution >= 4 is 5.91 Å². The molecule has 2 heterocycles. The first kappa shape index (κ1) is 23.7. The summed E-state index contributed by atoms with van der Waals surface area (Å²) in [6.45, 7) is 11.5. The zero-order valence-electron chi connectivity index (χ0n) is 20.7. The summed E-state index contributed by atoms with van der Waals surface area (Å²) in [5.41, 5.74) is 4.77. The second kappa shape index (κ2) is 10.3. The molecule has 0 radical (unpaired) electrons. The fourth-order valence-electron chi connectivity index (χ4n) is 5.16. The molecular formula is C28H39N3O2. The van der Waals surface area contributed by atoms with Gasteiger partial charge in [0.15, 0.2) is 0 Å². The Hall–Kier alpha value is -2.40. The Morgan fingerprint density at radius 2 is 2.00 bits per heavy atom. The standard InChI is InChI=1S/C28H39N3O2/c1-5-33-25-17-21-11-8-10-20(21)16-23(25)19-31-15-9-12-22(18-31)26(24-13-6-7-14-29-24)30-27(32)28(2,3)4/h6-7,13-14,16-17,22,26H,5,8-12,15,18-19H2,1-4H3,(H,30,32)/t22-,26-/m0/s1. The first-order valence-corrected chi connectivity index (χ1v) is 12.6. The van der Waals surface area contributed by atoms with E-state index in [2.05, 4.69) is 34.3 Å². The van der Waals surface area contributed by atoms with Crippen molar-refractivity contribution in [1.82, 2.24) is 15.2 Å². The summed E-state index contributed by atoms with van der Waals surface area (Å²) in [7, 11) is 0. The molecule has 1 aromatic carbocycles. The van der Waals surface area contributed by atoms with Crippen LogP contribution in [-0.2, 0) is 24.2 Å². The highest BCUT2D eigenvalue weighted by Gasteiger charge is 2.33. The summed E-state index contributed by atoms with van der Waals surface area (Å²) in [6, 6.07) is 10.6. The van der Waals surface area contributed by atoms with Gasteiger partial charge in [-0.15, -0.1) is 0 Å². The van der Waals surface area contributed by atoms with Gasteiger partial charge in [0.25, 0.3) is 0 Å². The molecule has 5 nitrogen and oxygen atoms in total. The SMILES string of the molecule is CCOc1cc2c(cc1CN1CCC[C@H]([C@H](NC(=O)C(C)(C)C)c3ccccn3)C1)CCC2. The lowest BCUT2D eigenvalue weighted by atomic mass is 9.86. The molecule has 1 fully saturated rings. The van der Waals surface area contributed by atoms with E-state index in [1.807, 2.05) is 45.2 Å². The number of amides is 1. The highest BCUT2D eigenvalue weighted by molar-refractivity contribution is 5.81. The van der Waals surface area contributed by atoms with Crippen LogP contribution in [-0.4, -0.2) is 35.5 Å². The van der Waals surface area contributed by atoms with Crippen molar-refractivity contribution in [3.8, 4) is 5.75 Å². The number of hydrogen-bond donors (Lipinski definition) is 1. The second-order valence-electron chi connectivity index (χ2n) is 10.6. The number of rotatable bonds is 7. The number of likely N-dealkylation sites (tertiary alicyclic amines) is 1. The number of aryl methyl sites for hydroxylation is 2. The van der Waals surface area contributed by atoms with Crippen molar-refractivity contribution in [2.75, 3.05) is 19.7 Å². The molecule has 1 aliphatic heterocycles. The molecule has 178 valence electrons. The van der Waals surface area contributed by atoms with Crippen molar-refractivity contribution in [2.45, 2.75) is 72.4 Å². The number of ether oxygens (including phenoxy) is 1. The minimum atomic E-state index is -0.432. The lowest BCUT2D eigenvalue weighted by Gasteiger charge is -2.38. The minimum absolute atomic E-state index is 0.0764. The van der Waals surface area contributed by atoms with Crippen molar-refractivity contribution in [1.29, 1.82) is 0 Å². The molecule has 2 atom stereocenters. The summed E-state index contributed by atoms with van der Waals surface area (Å²) >= 11 is 0. The molecule has 1 N–H and O–H groups in total.